The largest absolute Gasteiger partial charge is 0.353 e. The fourth-order valence-electron chi connectivity index (χ4n) is 2.18. The average molecular weight is 294 g/mol. The summed E-state index contributed by atoms with van der Waals surface area (Å²) in [7, 11) is 0. The molecule has 2 heterocycles. The van der Waals surface area contributed by atoms with Gasteiger partial charge in [0.2, 0.25) is 0 Å². The molecule has 2 aromatic heterocycles. The molecule has 0 unspecified atom stereocenters. The minimum atomic E-state index is -0.396. The van der Waals surface area contributed by atoms with Crippen LogP contribution in [0.5, 0.6) is 0 Å². The van der Waals surface area contributed by atoms with E-state index in [1.54, 1.807) is 12.1 Å². The highest BCUT2D eigenvalue weighted by Gasteiger charge is 2.18. The fourth-order valence-corrected chi connectivity index (χ4v) is 3.24. The number of carbonyl (C=O) groups is 1. The molecule has 3 rings (SSSR count). The Balaban J connectivity index is 2.40. The molecule has 96 valence electrons. The quantitative estimate of drug-likeness (QED) is 0.676. The van der Waals surface area contributed by atoms with Crippen LogP contribution in [-0.2, 0) is 0 Å². The lowest BCUT2D eigenvalue weighted by atomic mass is 10.1. The van der Waals surface area contributed by atoms with E-state index >= 15 is 0 Å². The maximum Gasteiger partial charge on any atom is 0.152 e. The van der Waals surface area contributed by atoms with Gasteiger partial charge in [-0.25, -0.2) is 4.39 Å². The van der Waals surface area contributed by atoms with Gasteiger partial charge in [0, 0.05) is 5.39 Å². The molecule has 0 saturated carbocycles. The predicted molar refractivity (Wildman–Crippen MR) is 76.7 cm³/mol. The predicted octanol–water partition coefficient (Wildman–Crippen LogP) is 4.81. The second-order valence-corrected chi connectivity index (χ2v) is 5.96. The minimum absolute atomic E-state index is 0.342. The Labute approximate surface area is 117 Å². The number of halogens is 2. The molecule has 19 heavy (non-hydrogen) atoms. The number of hydrogen-bond donors (Lipinski definition) is 1. The van der Waals surface area contributed by atoms with E-state index in [0.29, 0.717) is 32.8 Å². The molecular weight excluding hydrogens is 285 g/mol. The van der Waals surface area contributed by atoms with Crippen LogP contribution >= 0.6 is 22.9 Å². The summed E-state index contributed by atoms with van der Waals surface area (Å²) in [5.41, 5.74) is 2.51. The van der Waals surface area contributed by atoms with E-state index in [0.717, 1.165) is 10.4 Å². The van der Waals surface area contributed by atoms with Crippen LogP contribution in [0.1, 0.15) is 15.9 Å². The van der Waals surface area contributed by atoms with Crippen molar-refractivity contribution in [2.24, 2.45) is 0 Å². The molecule has 2 nitrogen and oxygen atoms in total. The van der Waals surface area contributed by atoms with Gasteiger partial charge >= 0.3 is 0 Å². The molecule has 1 aromatic carbocycles. The topological polar surface area (TPSA) is 32.9 Å². The Morgan fingerprint density at radius 3 is 2.74 bits per heavy atom. The molecule has 1 N–H and O–H groups in total. The lowest BCUT2D eigenvalue weighted by Gasteiger charge is -1.97. The molecule has 0 radical (unpaired) electrons. The van der Waals surface area contributed by atoms with Crippen molar-refractivity contribution in [2.75, 3.05) is 0 Å². The molecular formula is C14H9ClFNOS. The molecule has 5 heteroatoms. The standard InChI is InChI=1S/C14H9ClFNOS/c1-7-2-3-9(16)12-8(6-18)14(17-13(7)12)10-4-5-11(15)19-10/h2-6,17H,1H3. The zero-order valence-electron chi connectivity index (χ0n) is 9.96. The van der Waals surface area contributed by atoms with E-state index in [2.05, 4.69) is 4.98 Å². The zero-order chi connectivity index (χ0) is 13.6. The summed E-state index contributed by atoms with van der Waals surface area (Å²) in [6.45, 7) is 1.87. The molecule has 0 bridgehead atoms. The number of hydrogen-bond acceptors (Lipinski definition) is 2. The van der Waals surface area contributed by atoms with Gasteiger partial charge in [-0.3, -0.25) is 4.79 Å². The summed E-state index contributed by atoms with van der Waals surface area (Å²) < 4.78 is 14.6. The highest BCUT2D eigenvalue weighted by atomic mass is 35.5. The van der Waals surface area contributed by atoms with Crippen LogP contribution in [-0.4, -0.2) is 11.3 Å². The lowest BCUT2D eigenvalue weighted by molar-refractivity contribution is 0.112. The van der Waals surface area contributed by atoms with Crippen LogP contribution in [0.3, 0.4) is 0 Å². The fraction of sp³-hybridized carbons (Fsp3) is 0.0714. The lowest BCUT2D eigenvalue weighted by Crippen LogP contribution is -1.84. The number of fused-ring (bicyclic) bond motifs is 1. The monoisotopic (exact) mass is 293 g/mol. The summed E-state index contributed by atoms with van der Waals surface area (Å²) in [4.78, 5) is 15.3. The third-order valence-electron chi connectivity index (χ3n) is 3.09. The van der Waals surface area contributed by atoms with Crippen LogP contribution < -0.4 is 0 Å². The van der Waals surface area contributed by atoms with Crippen molar-refractivity contribution in [3.8, 4) is 10.6 Å². The first-order valence-corrected chi connectivity index (χ1v) is 6.83. The molecule has 0 atom stereocenters. The van der Waals surface area contributed by atoms with Crippen LogP contribution in [0.15, 0.2) is 24.3 Å². The Bertz CT molecular complexity index is 790. The van der Waals surface area contributed by atoms with E-state index in [1.165, 1.54) is 17.4 Å². The van der Waals surface area contributed by atoms with Crippen LogP contribution in [0.2, 0.25) is 4.34 Å². The van der Waals surface area contributed by atoms with Crippen LogP contribution in [0.25, 0.3) is 21.5 Å². The van der Waals surface area contributed by atoms with Gasteiger partial charge in [-0.2, -0.15) is 0 Å². The van der Waals surface area contributed by atoms with Crippen molar-refractivity contribution in [3.05, 3.63) is 45.5 Å². The number of aromatic amines is 1. The molecule has 0 amide bonds. The van der Waals surface area contributed by atoms with Gasteiger partial charge in [-0.05, 0) is 30.7 Å². The van der Waals surface area contributed by atoms with E-state index in [1.807, 2.05) is 13.0 Å². The van der Waals surface area contributed by atoms with Crippen molar-refractivity contribution in [1.29, 1.82) is 0 Å². The van der Waals surface area contributed by atoms with Gasteiger partial charge in [-0.1, -0.05) is 17.7 Å². The Morgan fingerprint density at radius 1 is 1.32 bits per heavy atom. The first-order valence-electron chi connectivity index (χ1n) is 5.63. The van der Waals surface area contributed by atoms with Gasteiger partial charge in [-0.15, -0.1) is 11.3 Å². The van der Waals surface area contributed by atoms with Crippen molar-refractivity contribution in [2.45, 2.75) is 6.92 Å². The maximum absolute atomic E-state index is 13.9. The number of rotatable bonds is 2. The summed E-state index contributed by atoms with van der Waals surface area (Å²) >= 11 is 7.26. The molecule has 0 aliphatic heterocycles. The SMILES string of the molecule is Cc1ccc(F)c2c(C=O)c(-c3ccc(Cl)s3)[nH]c12. The average Bonchev–Trinajstić information content (AvgIpc) is 2.97. The van der Waals surface area contributed by atoms with Gasteiger partial charge in [0.1, 0.15) is 5.82 Å². The number of aldehydes is 1. The zero-order valence-corrected chi connectivity index (χ0v) is 11.5. The van der Waals surface area contributed by atoms with Crippen LogP contribution in [0, 0.1) is 12.7 Å². The Kier molecular flexibility index (Phi) is 2.92. The number of thiophene rings is 1. The van der Waals surface area contributed by atoms with Crippen molar-refractivity contribution in [1.82, 2.24) is 4.98 Å². The highest BCUT2D eigenvalue weighted by Crippen LogP contribution is 2.36. The highest BCUT2D eigenvalue weighted by molar-refractivity contribution is 7.19. The number of H-pyrrole nitrogens is 1. The van der Waals surface area contributed by atoms with Crippen molar-refractivity contribution >= 4 is 40.1 Å². The molecule has 0 fully saturated rings. The maximum atomic E-state index is 13.9. The smallest absolute Gasteiger partial charge is 0.152 e. The van der Waals surface area contributed by atoms with Gasteiger partial charge in [0.05, 0.1) is 26.0 Å². The number of nitrogens with one attached hydrogen (secondary N) is 1. The number of benzene rings is 1. The first-order chi connectivity index (χ1) is 9.11. The molecule has 0 aliphatic carbocycles. The molecule has 3 aromatic rings. The molecule has 0 spiro atoms. The third-order valence-corrected chi connectivity index (χ3v) is 4.34. The Morgan fingerprint density at radius 2 is 2.11 bits per heavy atom. The second-order valence-electron chi connectivity index (χ2n) is 4.25. The Hall–Kier alpha value is -1.65. The molecule has 0 aliphatic rings. The normalized spacial score (nSPS) is 11.1. The summed E-state index contributed by atoms with van der Waals surface area (Å²) in [5, 5.41) is 0.342. The number of aromatic nitrogens is 1. The van der Waals surface area contributed by atoms with Crippen molar-refractivity contribution < 1.29 is 9.18 Å². The van der Waals surface area contributed by atoms with Gasteiger partial charge in [0.25, 0.3) is 0 Å². The van der Waals surface area contributed by atoms with E-state index in [-0.39, 0.29) is 0 Å². The van der Waals surface area contributed by atoms with E-state index in [4.69, 9.17) is 11.6 Å². The second kappa shape index (κ2) is 4.47. The van der Waals surface area contributed by atoms with Gasteiger partial charge in [0.15, 0.2) is 6.29 Å². The first kappa shape index (κ1) is 12.4. The van der Waals surface area contributed by atoms with Gasteiger partial charge < -0.3 is 4.98 Å². The minimum Gasteiger partial charge on any atom is -0.353 e. The summed E-state index contributed by atoms with van der Waals surface area (Å²) in [6.07, 6.45) is 0.685. The van der Waals surface area contributed by atoms with E-state index < -0.39 is 5.82 Å². The molecule has 0 saturated heterocycles. The number of aryl methyl sites for hydroxylation is 1. The van der Waals surface area contributed by atoms with Crippen LogP contribution in [0.4, 0.5) is 4.39 Å². The number of carbonyl (C=O) groups excluding carboxylic acids is 1. The van der Waals surface area contributed by atoms with E-state index in [9.17, 15) is 9.18 Å². The third kappa shape index (κ3) is 1.88. The summed E-state index contributed by atoms with van der Waals surface area (Å²) in [6, 6.07) is 6.64. The summed E-state index contributed by atoms with van der Waals surface area (Å²) in [5.74, 6) is -0.396. The van der Waals surface area contributed by atoms with Crippen molar-refractivity contribution in [3.63, 3.8) is 0 Å².